The molecule has 2 nitrogen and oxygen atoms in total. The van der Waals surface area contributed by atoms with Gasteiger partial charge in [0.25, 0.3) is 0 Å². The van der Waals surface area contributed by atoms with Crippen molar-refractivity contribution in [1.82, 2.24) is 4.98 Å². The third-order valence-corrected chi connectivity index (χ3v) is 4.62. The van der Waals surface area contributed by atoms with Crippen molar-refractivity contribution in [2.75, 3.05) is 12.9 Å². The van der Waals surface area contributed by atoms with E-state index in [4.69, 9.17) is 4.74 Å². The van der Waals surface area contributed by atoms with E-state index >= 15 is 0 Å². The lowest BCUT2D eigenvalue weighted by molar-refractivity contribution is 0.415. The van der Waals surface area contributed by atoms with Gasteiger partial charge in [-0.1, -0.05) is 13.3 Å². The summed E-state index contributed by atoms with van der Waals surface area (Å²) in [6, 6.07) is 8.07. The number of aromatic nitrogens is 1. The predicted molar refractivity (Wildman–Crippen MR) is 81.6 cm³/mol. The molecule has 0 saturated carbocycles. The topological polar surface area (TPSA) is 22.1 Å². The minimum Gasteiger partial charge on any atom is -0.497 e. The van der Waals surface area contributed by atoms with E-state index < -0.39 is 0 Å². The molecule has 0 amide bonds. The summed E-state index contributed by atoms with van der Waals surface area (Å²) in [4.78, 5) is 4.68. The van der Waals surface area contributed by atoms with Crippen LogP contribution in [-0.4, -0.2) is 17.8 Å². The number of unbranched alkanes of at least 4 members (excludes halogenated alkanes) is 1. The third-order valence-electron chi connectivity index (χ3n) is 2.68. The first-order valence-corrected chi connectivity index (χ1v) is 7.79. The molecule has 0 aliphatic carbocycles. The molecule has 2 aromatic rings. The van der Waals surface area contributed by atoms with Crippen molar-refractivity contribution < 1.29 is 4.74 Å². The van der Waals surface area contributed by atoms with Gasteiger partial charge in [-0.2, -0.15) is 0 Å². The molecule has 96 valence electrons. The van der Waals surface area contributed by atoms with Crippen LogP contribution in [0.1, 0.15) is 19.8 Å². The first-order valence-electron chi connectivity index (χ1n) is 6.01. The average Bonchev–Trinajstić information content (AvgIpc) is 2.39. The van der Waals surface area contributed by atoms with Crippen molar-refractivity contribution in [3.05, 3.63) is 28.7 Å². The van der Waals surface area contributed by atoms with Gasteiger partial charge in [-0.15, -0.1) is 11.8 Å². The molecule has 4 heteroatoms. The van der Waals surface area contributed by atoms with Crippen molar-refractivity contribution >= 4 is 38.6 Å². The molecule has 0 N–H and O–H groups in total. The van der Waals surface area contributed by atoms with Crippen LogP contribution in [-0.2, 0) is 0 Å². The maximum absolute atomic E-state index is 5.22. The average molecular weight is 326 g/mol. The molecule has 18 heavy (non-hydrogen) atoms. The zero-order valence-corrected chi connectivity index (χ0v) is 13.0. The number of fused-ring (bicyclic) bond motifs is 1. The number of ether oxygens (including phenoxy) is 1. The van der Waals surface area contributed by atoms with Gasteiger partial charge in [0, 0.05) is 5.39 Å². The normalized spacial score (nSPS) is 10.8. The summed E-state index contributed by atoms with van der Waals surface area (Å²) in [5, 5.41) is 2.17. The van der Waals surface area contributed by atoms with Gasteiger partial charge < -0.3 is 4.74 Å². The number of hydrogen-bond donors (Lipinski definition) is 0. The van der Waals surface area contributed by atoms with Gasteiger partial charge >= 0.3 is 0 Å². The van der Waals surface area contributed by atoms with E-state index in [0.717, 1.165) is 31.9 Å². The number of rotatable bonds is 5. The lowest BCUT2D eigenvalue weighted by atomic mass is 10.2. The highest BCUT2D eigenvalue weighted by Gasteiger charge is 2.06. The SMILES string of the molecule is CCCCSc1nc2ccc(OC)cc2cc1Br. The standard InChI is InChI=1S/C14H16BrNOS/c1-3-4-7-18-14-12(15)9-10-8-11(17-2)5-6-13(10)16-14/h5-6,8-9H,3-4,7H2,1-2H3. The summed E-state index contributed by atoms with van der Waals surface area (Å²) < 4.78 is 6.28. The number of nitrogens with zero attached hydrogens (tertiary/aromatic N) is 1. The molecule has 1 aromatic heterocycles. The Hall–Kier alpha value is -0.740. The van der Waals surface area contributed by atoms with Crippen LogP contribution in [0.3, 0.4) is 0 Å². The van der Waals surface area contributed by atoms with Gasteiger partial charge in [0.15, 0.2) is 0 Å². The Kier molecular flexibility index (Phi) is 4.89. The summed E-state index contributed by atoms with van der Waals surface area (Å²) in [6.07, 6.45) is 2.44. The van der Waals surface area contributed by atoms with Crippen LogP contribution in [0.4, 0.5) is 0 Å². The fourth-order valence-corrected chi connectivity index (χ4v) is 3.32. The quantitative estimate of drug-likeness (QED) is 0.576. The first kappa shape index (κ1) is 13.7. The van der Waals surface area contributed by atoms with E-state index in [-0.39, 0.29) is 0 Å². The van der Waals surface area contributed by atoms with Crippen molar-refractivity contribution in [1.29, 1.82) is 0 Å². The Morgan fingerprint density at radius 1 is 1.33 bits per heavy atom. The second-order valence-electron chi connectivity index (χ2n) is 4.04. The number of pyridine rings is 1. The molecular formula is C14H16BrNOS. The molecule has 0 aliphatic rings. The van der Waals surface area contributed by atoms with Crippen LogP contribution >= 0.6 is 27.7 Å². The molecule has 1 aromatic carbocycles. The van der Waals surface area contributed by atoms with Gasteiger partial charge in [0.2, 0.25) is 0 Å². The van der Waals surface area contributed by atoms with Gasteiger partial charge in [-0.25, -0.2) is 4.98 Å². The lowest BCUT2D eigenvalue weighted by Gasteiger charge is -2.07. The maximum Gasteiger partial charge on any atom is 0.119 e. The fourth-order valence-electron chi connectivity index (χ4n) is 1.65. The minimum atomic E-state index is 0.864. The molecule has 0 radical (unpaired) electrons. The van der Waals surface area contributed by atoms with Crippen LogP contribution in [0.2, 0.25) is 0 Å². The van der Waals surface area contributed by atoms with Gasteiger partial charge in [0.05, 0.1) is 17.1 Å². The van der Waals surface area contributed by atoms with Gasteiger partial charge in [-0.3, -0.25) is 0 Å². The van der Waals surface area contributed by atoms with Crippen molar-refractivity contribution in [3.8, 4) is 5.75 Å². The number of benzene rings is 1. The smallest absolute Gasteiger partial charge is 0.119 e. The van der Waals surface area contributed by atoms with Crippen LogP contribution < -0.4 is 4.74 Å². The number of halogens is 1. The van der Waals surface area contributed by atoms with Gasteiger partial charge in [0.1, 0.15) is 10.8 Å². The van der Waals surface area contributed by atoms with Crippen LogP contribution in [0.15, 0.2) is 33.8 Å². The van der Waals surface area contributed by atoms with Crippen LogP contribution in [0, 0.1) is 0 Å². The molecular weight excluding hydrogens is 310 g/mol. The number of methoxy groups -OCH3 is 1. The summed E-state index contributed by atoms with van der Waals surface area (Å²) in [7, 11) is 1.68. The Balaban J connectivity index is 2.30. The largest absolute Gasteiger partial charge is 0.497 e. The monoisotopic (exact) mass is 325 g/mol. The number of hydrogen-bond acceptors (Lipinski definition) is 3. The molecule has 0 aliphatic heterocycles. The minimum absolute atomic E-state index is 0.864. The molecule has 0 saturated heterocycles. The highest BCUT2D eigenvalue weighted by Crippen LogP contribution is 2.30. The second-order valence-corrected chi connectivity index (χ2v) is 5.97. The van der Waals surface area contributed by atoms with Crippen molar-refractivity contribution in [2.45, 2.75) is 24.8 Å². The Labute approximate surface area is 120 Å². The predicted octanol–water partition coefficient (Wildman–Crippen LogP) is 4.90. The second kappa shape index (κ2) is 6.43. The fraction of sp³-hybridized carbons (Fsp3) is 0.357. The maximum atomic E-state index is 5.22. The Morgan fingerprint density at radius 2 is 2.17 bits per heavy atom. The molecule has 1 heterocycles. The van der Waals surface area contributed by atoms with Gasteiger partial charge in [-0.05, 0) is 52.4 Å². The molecule has 0 atom stereocenters. The van der Waals surface area contributed by atoms with E-state index in [0.29, 0.717) is 0 Å². The first-order chi connectivity index (χ1) is 8.74. The Bertz CT molecular complexity index is 545. The van der Waals surface area contributed by atoms with Crippen molar-refractivity contribution in [3.63, 3.8) is 0 Å². The lowest BCUT2D eigenvalue weighted by Crippen LogP contribution is -1.88. The molecule has 0 fully saturated rings. The van der Waals surface area contributed by atoms with Crippen molar-refractivity contribution in [2.24, 2.45) is 0 Å². The third kappa shape index (κ3) is 3.18. The summed E-state index contributed by atoms with van der Waals surface area (Å²) >= 11 is 5.40. The van der Waals surface area contributed by atoms with E-state index in [1.54, 1.807) is 7.11 Å². The Morgan fingerprint density at radius 3 is 2.89 bits per heavy atom. The highest BCUT2D eigenvalue weighted by molar-refractivity contribution is 9.10. The molecule has 0 spiro atoms. The van der Waals surface area contributed by atoms with Crippen LogP contribution in [0.5, 0.6) is 5.75 Å². The number of thioether (sulfide) groups is 1. The van der Waals surface area contributed by atoms with E-state index in [9.17, 15) is 0 Å². The van der Waals surface area contributed by atoms with Crippen LogP contribution in [0.25, 0.3) is 10.9 Å². The zero-order chi connectivity index (χ0) is 13.0. The molecule has 0 unspecified atom stereocenters. The molecule has 0 bridgehead atoms. The van der Waals surface area contributed by atoms with E-state index in [1.807, 2.05) is 30.0 Å². The van der Waals surface area contributed by atoms with E-state index in [1.165, 1.54) is 12.8 Å². The summed E-state index contributed by atoms with van der Waals surface area (Å²) in [5.41, 5.74) is 1.01. The summed E-state index contributed by atoms with van der Waals surface area (Å²) in [5.74, 6) is 1.98. The van der Waals surface area contributed by atoms with E-state index in [2.05, 4.69) is 33.9 Å². The zero-order valence-electron chi connectivity index (χ0n) is 10.6. The molecule has 2 rings (SSSR count). The highest BCUT2D eigenvalue weighted by atomic mass is 79.9. The summed E-state index contributed by atoms with van der Waals surface area (Å²) in [6.45, 7) is 2.20.